The number of benzene rings is 1. The third-order valence-electron chi connectivity index (χ3n) is 2.07. The molecule has 1 aromatic heterocycles. The summed E-state index contributed by atoms with van der Waals surface area (Å²) in [4.78, 5) is 3.89. The quantitative estimate of drug-likeness (QED) is 0.909. The van der Waals surface area contributed by atoms with Gasteiger partial charge in [-0.1, -0.05) is 0 Å². The van der Waals surface area contributed by atoms with Gasteiger partial charge in [-0.2, -0.15) is 0 Å². The van der Waals surface area contributed by atoms with Gasteiger partial charge in [-0.05, 0) is 34.1 Å². The van der Waals surface area contributed by atoms with Crippen LogP contribution in [0.5, 0.6) is 5.75 Å². The van der Waals surface area contributed by atoms with E-state index in [4.69, 9.17) is 10.5 Å². The van der Waals surface area contributed by atoms with Crippen molar-refractivity contribution in [2.75, 3.05) is 12.8 Å². The fourth-order valence-corrected chi connectivity index (χ4v) is 1.84. The van der Waals surface area contributed by atoms with Gasteiger partial charge in [-0.3, -0.25) is 0 Å². The zero-order valence-corrected chi connectivity index (χ0v) is 10.1. The number of hydrogen-bond donors (Lipinski definition) is 1. The van der Waals surface area contributed by atoms with Crippen LogP contribution in [-0.2, 0) is 0 Å². The van der Waals surface area contributed by atoms with Gasteiger partial charge >= 0.3 is 0 Å². The first kappa shape index (κ1) is 10.8. The van der Waals surface area contributed by atoms with Gasteiger partial charge in [-0.25, -0.2) is 4.98 Å². The Morgan fingerprint density at radius 2 is 2.19 bits per heavy atom. The van der Waals surface area contributed by atoms with Crippen molar-refractivity contribution >= 4 is 21.7 Å². The van der Waals surface area contributed by atoms with E-state index >= 15 is 0 Å². The fraction of sp³-hybridized carbons (Fsp3) is 0.100. The van der Waals surface area contributed by atoms with Gasteiger partial charge in [0.05, 0.1) is 11.6 Å². The van der Waals surface area contributed by atoms with Crippen molar-refractivity contribution in [3.8, 4) is 17.0 Å². The smallest absolute Gasteiger partial charge is 0.153 e. The highest BCUT2D eigenvalue weighted by Crippen LogP contribution is 2.30. The second kappa shape index (κ2) is 4.44. The van der Waals surface area contributed by atoms with Crippen LogP contribution in [0.3, 0.4) is 0 Å². The van der Waals surface area contributed by atoms with Crippen molar-refractivity contribution in [1.82, 2.24) is 15.2 Å². The Balaban J connectivity index is 2.50. The number of nitrogens with two attached hydrogens (primary N) is 1. The lowest BCUT2D eigenvalue weighted by Crippen LogP contribution is -1.98. The van der Waals surface area contributed by atoms with Gasteiger partial charge < -0.3 is 10.5 Å². The molecule has 2 aromatic rings. The monoisotopic (exact) mass is 280 g/mol. The fourth-order valence-electron chi connectivity index (χ4n) is 1.30. The zero-order chi connectivity index (χ0) is 11.5. The molecule has 0 saturated carbocycles. The van der Waals surface area contributed by atoms with Crippen LogP contribution in [0.4, 0.5) is 5.82 Å². The predicted molar refractivity (Wildman–Crippen MR) is 63.9 cm³/mol. The maximum absolute atomic E-state index is 5.71. The summed E-state index contributed by atoms with van der Waals surface area (Å²) in [7, 11) is 1.61. The minimum Gasteiger partial charge on any atom is -0.496 e. The topological polar surface area (TPSA) is 73.9 Å². The molecule has 0 amide bonds. The number of ether oxygens (including phenoxy) is 1. The average molecular weight is 281 g/mol. The third-order valence-corrected chi connectivity index (χ3v) is 2.69. The van der Waals surface area contributed by atoms with Gasteiger partial charge in [0.2, 0.25) is 0 Å². The summed E-state index contributed by atoms with van der Waals surface area (Å²) in [6.45, 7) is 0. The first-order valence-corrected chi connectivity index (χ1v) is 5.28. The molecule has 0 radical (unpaired) electrons. The van der Waals surface area contributed by atoms with Crippen molar-refractivity contribution in [2.45, 2.75) is 0 Å². The van der Waals surface area contributed by atoms with Gasteiger partial charge in [-0.15, -0.1) is 10.2 Å². The minimum absolute atomic E-state index is 0.354. The maximum Gasteiger partial charge on any atom is 0.153 e. The number of hydrogen-bond acceptors (Lipinski definition) is 5. The lowest BCUT2D eigenvalue weighted by Gasteiger charge is -2.06. The van der Waals surface area contributed by atoms with Crippen LogP contribution in [0.25, 0.3) is 11.3 Å². The second-order valence-electron chi connectivity index (χ2n) is 3.04. The SMILES string of the molecule is COc1ccc(-c2nncnc2N)cc1Br. The van der Waals surface area contributed by atoms with Crippen LogP contribution < -0.4 is 10.5 Å². The van der Waals surface area contributed by atoms with Crippen molar-refractivity contribution in [2.24, 2.45) is 0 Å². The predicted octanol–water partition coefficient (Wildman–Crippen LogP) is 1.89. The van der Waals surface area contributed by atoms with Gasteiger partial charge in [0.1, 0.15) is 17.8 Å². The first-order valence-electron chi connectivity index (χ1n) is 4.49. The van der Waals surface area contributed by atoms with Gasteiger partial charge in [0.15, 0.2) is 5.82 Å². The van der Waals surface area contributed by atoms with Gasteiger partial charge in [0.25, 0.3) is 0 Å². The number of halogens is 1. The summed E-state index contributed by atoms with van der Waals surface area (Å²) < 4.78 is 5.97. The molecule has 1 aromatic carbocycles. The molecule has 0 saturated heterocycles. The molecule has 82 valence electrons. The lowest BCUT2D eigenvalue weighted by atomic mass is 10.1. The summed E-state index contributed by atoms with van der Waals surface area (Å²) in [6.07, 6.45) is 1.32. The summed E-state index contributed by atoms with van der Waals surface area (Å²) in [5.74, 6) is 1.10. The van der Waals surface area contributed by atoms with E-state index < -0.39 is 0 Å². The van der Waals surface area contributed by atoms with Crippen LogP contribution in [0.15, 0.2) is 29.0 Å². The van der Waals surface area contributed by atoms with E-state index in [1.807, 2.05) is 18.2 Å². The molecule has 5 nitrogen and oxygen atoms in total. The average Bonchev–Trinajstić information content (AvgIpc) is 2.29. The second-order valence-corrected chi connectivity index (χ2v) is 3.90. The van der Waals surface area contributed by atoms with E-state index in [1.165, 1.54) is 6.33 Å². The van der Waals surface area contributed by atoms with Crippen molar-refractivity contribution in [1.29, 1.82) is 0 Å². The largest absolute Gasteiger partial charge is 0.496 e. The number of nitrogens with zero attached hydrogens (tertiary/aromatic N) is 3. The zero-order valence-electron chi connectivity index (χ0n) is 8.51. The summed E-state index contributed by atoms with van der Waals surface area (Å²) in [5.41, 5.74) is 7.11. The third kappa shape index (κ3) is 1.96. The first-order chi connectivity index (χ1) is 7.72. The summed E-state index contributed by atoms with van der Waals surface area (Å²) in [5, 5.41) is 7.65. The van der Waals surface area contributed by atoms with Crippen LogP contribution >= 0.6 is 15.9 Å². The molecular weight excluding hydrogens is 272 g/mol. The molecule has 0 atom stereocenters. The summed E-state index contributed by atoms with van der Waals surface area (Å²) in [6, 6.07) is 5.54. The molecule has 1 heterocycles. The summed E-state index contributed by atoms with van der Waals surface area (Å²) >= 11 is 3.39. The molecule has 0 fully saturated rings. The molecule has 0 aliphatic rings. The van der Waals surface area contributed by atoms with E-state index in [-0.39, 0.29) is 0 Å². The van der Waals surface area contributed by atoms with Crippen LogP contribution in [0, 0.1) is 0 Å². The number of methoxy groups -OCH3 is 1. The Hall–Kier alpha value is -1.69. The Labute approximate surface area is 101 Å². The molecule has 2 rings (SSSR count). The minimum atomic E-state index is 0.354. The Kier molecular flexibility index (Phi) is 3.00. The number of nitrogen functional groups attached to an aromatic ring is 1. The van der Waals surface area contributed by atoms with Crippen LogP contribution in [-0.4, -0.2) is 22.3 Å². The Morgan fingerprint density at radius 3 is 2.81 bits per heavy atom. The van der Waals surface area contributed by atoms with E-state index in [2.05, 4.69) is 31.1 Å². The van der Waals surface area contributed by atoms with Crippen molar-refractivity contribution in [3.05, 3.63) is 29.0 Å². The normalized spacial score (nSPS) is 10.1. The highest BCUT2D eigenvalue weighted by atomic mass is 79.9. The molecular formula is C10H9BrN4O. The molecule has 0 spiro atoms. The molecule has 0 aliphatic carbocycles. The lowest BCUT2D eigenvalue weighted by molar-refractivity contribution is 0.412. The molecule has 0 aliphatic heterocycles. The van der Waals surface area contributed by atoms with Gasteiger partial charge in [0, 0.05) is 5.56 Å². The maximum atomic E-state index is 5.71. The highest BCUT2D eigenvalue weighted by molar-refractivity contribution is 9.10. The van der Waals surface area contributed by atoms with Crippen LogP contribution in [0.1, 0.15) is 0 Å². The molecule has 0 bridgehead atoms. The molecule has 6 heteroatoms. The molecule has 0 unspecified atom stereocenters. The number of rotatable bonds is 2. The van der Waals surface area contributed by atoms with E-state index in [9.17, 15) is 0 Å². The van der Waals surface area contributed by atoms with Crippen molar-refractivity contribution in [3.63, 3.8) is 0 Å². The van der Waals surface area contributed by atoms with E-state index in [0.29, 0.717) is 11.5 Å². The highest BCUT2D eigenvalue weighted by Gasteiger charge is 2.08. The number of aromatic nitrogens is 3. The standard InChI is InChI=1S/C10H9BrN4O/c1-16-8-3-2-6(4-7(8)11)9-10(12)13-5-14-15-9/h2-5H,1H3,(H2,12,13,14). The molecule has 16 heavy (non-hydrogen) atoms. The Bertz CT molecular complexity index is 518. The molecule has 2 N–H and O–H groups in total. The van der Waals surface area contributed by atoms with E-state index in [0.717, 1.165) is 15.8 Å². The van der Waals surface area contributed by atoms with E-state index in [1.54, 1.807) is 7.11 Å². The van der Waals surface area contributed by atoms with Crippen LogP contribution in [0.2, 0.25) is 0 Å². The Morgan fingerprint density at radius 1 is 1.38 bits per heavy atom. The number of anilines is 1. The van der Waals surface area contributed by atoms with Crippen molar-refractivity contribution < 1.29 is 4.74 Å².